The molecule has 0 aromatic heterocycles. The van der Waals surface area contributed by atoms with Gasteiger partial charge in [-0.25, -0.2) is 0 Å². The highest BCUT2D eigenvalue weighted by molar-refractivity contribution is 5.41. The molecule has 0 heterocycles. The number of fused-ring (bicyclic) bond motifs is 1. The third-order valence-electron chi connectivity index (χ3n) is 3.73. The number of rotatable bonds is 4. The van der Waals surface area contributed by atoms with Gasteiger partial charge in [0.2, 0.25) is 0 Å². The molecule has 94 valence electrons. The van der Waals surface area contributed by atoms with Gasteiger partial charge in [-0.2, -0.15) is 0 Å². The SMILES string of the molecule is CCCNC1CCC(C)c2ccc(OC)cc21. The van der Waals surface area contributed by atoms with Crippen molar-refractivity contribution in [1.29, 1.82) is 0 Å². The molecule has 1 aliphatic rings. The Bertz CT molecular complexity index is 375. The van der Waals surface area contributed by atoms with Crippen molar-refractivity contribution in [2.75, 3.05) is 13.7 Å². The monoisotopic (exact) mass is 233 g/mol. The van der Waals surface area contributed by atoms with Crippen molar-refractivity contribution in [2.24, 2.45) is 0 Å². The standard InChI is InChI=1S/C15H23NO/c1-4-9-16-15-8-5-11(2)13-7-6-12(17-3)10-14(13)15/h6-7,10-11,15-16H,4-5,8-9H2,1-3H3. The number of ether oxygens (including phenoxy) is 1. The first kappa shape index (κ1) is 12.4. The van der Waals surface area contributed by atoms with E-state index in [1.807, 2.05) is 0 Å². The summed E-state index contributed by atoms with van der Waals surface area (Å²) in [4.78, 5) is 0. The molecule has 1 N–H and O–H groups in total. The lowest BCUT2D eigenvalue weighted by atomic mass is 9.81. The van der Waals surface area contributed by atoms with Gasteiger partial charge in [0.05, 0.1) is 7.11 Å². The van der Waals surface area contributed by atoms with Crippen LogP contribution < -0.4 is 10.1 Å². The fraction of sp³-hybridized carbons (Fsp3) is 0.600. The second kappa shape index (κ2) is 5.54. The number of methoxy groups -OCH3 is 1. The Morgan fingerprint density at radius 1 is 1.29 bits per heavy atom. The van der Waals surface area contributed by atoms with E-state index in [4.69, 9.17) is 4.74 Å². The molecule has 0 aliphatic heterocycles. The fourth-order valence-electron chi connectivity index (χ4n) is 2.69. The predicted molar refractivity (Wildman–Crippen MR) is 71.7 cm³/mol. The quantitative estimate of drug-likeness (QED) is 0.857. The van der Waals surface area contributed by atoms with E-state index in [0.717, 1.165) is 12.3 Å². The summed E-state index contributed by atoms with van der Waals surface area (Å²) < 4.78 is 5.34. The highest BCUT2D eigenvalue weighted by Gasteiger charge is 2.24. The molecule has 2 nitrogen and oxygen atoms in total. The second-order valence-electron chi connectivity index (χ2n) is 4.98. The molecule has 0 fully saturated rings. The number of benzene rings is 1. The zero-order valence-corrected chi connectivity index (χ0v) is 11.1. The molecule has 2 unspecified atom stereocenters. The number of hydrogen-bond acceptors (Lipinski definition) is 2. The van der Waals surface area contributed by atoms with Gasteiger partial charge in [-0.1, -0.05) is 19.9 Å². The van der Waals surface area contributed by atoms with Crippen LogP contribution in [0.25, 0.3) is 0 Å². The van der Waals surface area contributed by atoms with Crippen molar-refractivity contribution >= 4 is 0 Å². The topological polar surface area (TPSA) is 21.3 Å². The Morgan fingerprint density at radius 2 is 2.12 bits per heavy atom. The average molecular weight is 233 g/mol. The van der Waals surface area contributed by atoms with Crippen LogP contribution in [0.5, 0.6) is 5.75 Å². The van der Waals surface area contributed by atoms with E-state index < -0.39 is 0 Å². The Morgan fingerprint density at radius 3 is 2.82 bits per heavy atom. The van der Waals surface area contributed by atoms with E-state index in [0.29, 0.717) is 12.0 Å². The van der Waals surface area contributed by atoms with Gasteiger partial charge < -0.3 is 10.1 Å². The Kier molecular flexibility index (Phi) is 4.06. The van der Waals surface area contributed by atoms with E-state index in [2.05, 4.69) is 37.4 Å². The van der Waals surface area contributed by atoms with Gasteiger partial charge in [-0.15, -0.1) is 0 Å². The highest BCUT2D eigenvalue weighted by atomic mass is 16.5. The van der Waals surface area contributed by atoms with Crippen LogP contribution in [0.3, 0.4) is 0 Å². The first-order valence-corrected chi connectivity index (χ1v) is 6.67. The van der Waals surface area contributed by atoms with E-state index in [9.17, 15) is 0 Å². The summed E-state index contributed by atoms with van der Waals surface area (Å²) in [7, 11) is 1.74. The molecule has 0 saturated carbocycles. The molecule has 1 aromatic rings. The molecule has 0 amide bonds. The average Bonchev–Trinajstić information content (AvgIpc) is 2.37. The van der Waals surface area contributed by atoms with Crippen LogP contribution in [-0.4, -0.2) is 13.7 Å². The third-order valence-corrected chi connectivity index (χ3v) is 3.73. The fourth-order valence-corrected chi connectivity index (χ4v) is 2.69. The van der Waals surface area contributed by atoms with Crippen LogP contribution in [0.15, 0.2) is 18.2 Å². The maximum atomic E-state index is 5.34. The smallest absolute Gasteiger partial charge is 0.119 e. The Balaban J connectivity index is 2.28. The second-order valence-corrected chi connectivity index (χ2v) is 4.98. The highest BCUT2D eigenvalue weighted by Crippen LogP contribution is 2.38. The summed E-state index contributed by atoms with van der Waals surface area (Å²) in [6, 6.07) is 7.03. The normalized spacial score (nSPS) is 23.2. The maximum absolute atomic E-state index is 5.34. The molecule has 2 atom stereocenters. The molecular formula is C15H23NO. The first-order valence-electron chi connectivity index (χ1n) is 6.67. The van der Waals surface area contributed by atoms with Crippen LogP contribution in [0.2, 0.25) is 0 Å². The molecule has 17 heavy (non-hydrogen) atoms. The van der Waals surface area contributed by atoms with Crippen molar-refractivity contribution in [3.8, 4) is 5.75 Å². The van der Waals surface area contributed by atoms with Gasteiger partial charge in [-0.3, -0.25) is 0 Å². The van der Waals surface area contributed by atoms with Gasteiger partial charge in [0, 0.05) is 6.04 Å². The summed E-state index contributed by atoms with van der Waals surface area (Å²) in [5.41, 5.74) is 2.93. The van der Waals surface area contributed by atoms with Crippen molar-refractivity contribution in [3.05, 3.63) is 29.3 Å². The minimum absolute atomic E-state index is 0.510. The summed E-state index contributed by atoms with van der Waals surface area (Å²) >= 11 is 0. The van der Waals surface area contributed by atoms with E-state index in [-0.39, 0.29) is 0 Å². The molecule has 0 saturated heterocycles. The molecule has 1 aromatic carbocycles. The van der Waals surface area contributed by atoms with Gasteiger partial charge in [0.1, 0.15) is 5.75 Å². The molecule has 0 spiro atoms. The summed E-state index contributed by atoms with van der Waals surface area (Å²) in [6.07, 6.45) is 3.70. The lowest BCUT2D eigenvalue weighted by Gasteiger charge is -2.30. The lowest BCUT2D eigenvalue weighted by Crippen LogP contribution is -2.26. The predicted octanol–water partition coefficient (Wildman–Crippen LogP) is 3.63. The molecule has 1 aliphatic carbocycles. The van der Waals surface area contributed by atoms with Crippen LogP contribution in [-0.2, 0) is 0 Å². The van der Waals surface area contributed by atoms with Crippen molar-refractivity contribution in [1.82, 2.24) is 5.32 Å². The largest absolute Gasteiger partial charge is 0.497 e. The van der Waals surface area contributed by atoms with Crippen molar-refractivity contribution in [3.63, 3.8) is 0 Å². The molecule has 2 heteroatoms. The Labute approximate surface area is 104 Å². The first-order chi connectivity index (χ1) is 8.26. The number of nitrogens with one attached hydrogen (secondary N) is 1. The third kappa shape index (κ3) is 2.63. The molecule has 0 radical (unpaired) electrons. The summed E-state index contributed by atoms with van der Waals surface area (Å²) in [5.74, 6) is 1.65. The summed E-state index contributed by atoms with van der Waals surface area (Å²) in [5, 5.41) is 3.64. The van der Waals surface area contributed by atoms with Crippen molar-refractivity contribution < 1.29 is 4.74 Å². The van der Waals surface area contributed by atoms with Crippen LogP contribution in [0.4, 0.5) is 0 Å². The van der Waals surface area contributed by atoms with E-state index in [1.54, 1.807) is 7.11 Å². The summed E-state index contributed by atoms with van der Waals surface area (Å²) in [6.45, 7) is 5.63. The number of hydrogen-bond donors (Lipinski definition) is 1. The van der Waals surface area contributed by atoms with Gasteiger partial charge in [0.15, 0.2) is 0 Å². The lowest BCUT2D eigenvalue weighted by molar-refractivity contribution is 0.404. The van der Waals surface area contributed by atoms with Crippen LogP contribution >= 0.6 is 0 Å². The molecule has 0 bridgehead atoms. The van der Waals surface area contributed by atoms with E-state index >= 15 is 0 Å². The van der Waals surface area contributed by atoms with Crippen LogP contribution in [0.1, 0.15) is 56.2 Å². The molecular weight excluding hydrogens is 210 g/mol. The minimum atomic E-state index is 0.510. The van der Waals surface area contributed by atoms with Gasteiger partial charge >= 0.3 is 0 Å². The van der Waals surface area contributed by atoms with Crippen LogP contribution in [0, 0.1) is 0 Å². The molecule has 2 rings (SSSR count). The zero-order valence-electron chi connectivity index (χ0n) is 11.1. The zero-order chi connectivity index (χ0) is 12.3. The minimum Gasteiger partial charge on any atom is -0.497 e. The van der Waals surface area contributed by atoms with Crippen molar-refractivity contribution in [2.45, 2.75) is 45.1 Å². The van der Waals surface area contributed by atoms with E-state index in [1.165, 1.54) is 30.4 Å². The van der Waals surface area contributed by atoms with Gasteiger partial charge in [0.25, 0.3) is 0 Å². The van der Waals surface area contributed by atoms with Gasteiger partial charge in [-0.05, 0) is 55.0 Å². The Hall–Kier alpha value is -1.02. The maximum Gasteiger partial charge on any atom is 0.119 e.